The summed E-state index contributed by atoms with van der Waals surface area (Å²) in [4.78, 5) is 0. The maximum absolute atomic E-state index is 7.30. The highest BCUT2D eigenvalue weighted by atomic mass is 32.2. The van der Waals surface area contributed by atoms with Crippen LogP contribution in [0.1, 0.15) is 31.9 Å². The van der Waals surface area contributed by atoms with Gasteiger partial charge in [-0.15, -0.1) is 0 Å². The normalized spacial score (nSPS) is 12.8. The molecule has 3 N–H and O–H groups in total. The zero-order valence-electron chi connectivity index (χ0n) is 10.2. The molecule has 0 spiro atoms. The second-order valence-electron chi connectivity index (χ2n) is 4.37. The number of benzene rings is 1. The van der Waals surface area contributed by atoms with Crippen molar-refractivity contribution >= 4 is 17.6 Å². The molecule has 0 aliphatic carbocycles. The summed E-state index contributed by atoms with van der Waals surface area (Å²) >= 11 is 1.97. The van der Waals surface area contributed by atoms with Crippen molar-refractivity contribution in [2.24, 2.45) is 11.7 Å². The van der Waals surface area contributed by atoms with Crippen LogP contribution in [0.3, 0.4) is 0 Å². The first kappa shape index (κ1) is 13.1. The highest BCUT2D eigenvalue weighted by molar-refractivity contribution is 7.99. The van der Waals surface area contributed by atoms with E-state index in [1.54, 1.807) is 0 Å². The summed E-state index contributed by atoms with van der Waals surface area (Å²) in [5.41, 5.74) is 7.49. The van der Waals surface area contributed by atoms with E-state index >= 15 is 0 Å². The summed E-state index contributed by atoms with van der Waals surface area (Å²) in [6.07, 6.45) is 0. The number of hydrogen-bond acceptors (Lipinski definition) is 2. The number of nitrogens with one attached hydrogen (secondary N) is 1. The maximum atomic E-state index is 7.30. The molecule has 88 valence electrons. The van der Waals surface area contributed by atoms with E-state index in [4.69, 9.17) is 11.1 Å². The molecule has 1 rings (SSSR count). The van der Waals surface area contributed by atoms with Crippen molar-refractivity contribution in [3.63, 3.8) is 0 Å². The molecule has 2 nitrogen and oxygen atoms in total. The van der Waals surface area contributed by atoms with E-state index in [2.05, 4.69) is 32.9 Å². The fourth-order valence-electron chi connectivity index (χ4n) is 1.20. The van der Waals surface area contributed by atoms with Gasteiger partial charge in [0.1, 0.15) is 5.84 Å². The van der Waals surface area contributed by atoms with Crippen LogP contribution >= 0.6 is 11.8 Å². The Morgan fingerprint density at radius 2 is 1.81 bits per heavy atom. The molecule has 0 aliphatic heterocycles. The van der Waals surface area contributed by atoms with Crippen LogP contribution in [0.25, 0.3) is 0 Å². The minimum absolute atomic E-state index is 0.134. The number of nitrogens with two attached hydrogens (primary N) is 1. The predicted molar refractivity (Wildman–Crippen MR) is 73.1 cm³/mol. The van der Waals surface area contributed by atoms with E-state index in [0.717, 1.165) is 11.3 Å². The SMILES string of the molecule is CC(C)C(C)SCc1ccc(C(=N)N)cc1. The molecule has 1 unspecified atom stereocenters. The second-order valence-corrected chi connectivity index (χ2v) is 5.74. The van der Waals surface area contributed by atoms with Crippen LogP contribution in [-0.4, -0.2) is 11.1 Å². The standard InChI is InChI=1S/C13H20N2S/c1-9(2)10(3)16-8-11-4-6-12(7-5-11)13(14)15/h4-7,9-10H,8H2,1-3H3,(H3,14,15). The highest BCUT2D eigenvalue weighted by Crippen LogP contribution is 2.23. The fraction of sp³-hybridized carbons (Fsp3) is 0.462. The van der Waals surface area contributed by atoms with Crippen molar-refractivity contribution in [2.45, 2.75) is 31.8 Å². The Morgan fingerprint density at radius 3 is 2.25 bits per heavy atom. The summed E-state index contributed by atoms with van der Waals surface area (Å²) < 4.78 is 0. The minimum atomic E-state index is 0.134. The van der Waals surface area contributed by atoms with Gasteiger partial charge in [0.25, 0.3) is 0 Å². The summed E-state index contributed by atoms with van der Waals surface area (Å²) in [6.45, 7) is 6.76. The summed E-state index contributed by atoms with van der Waals surface area (Å²) in [7, 11) is 0. The lowest BCUT2D eigenvalue weighted by Gasteiger charge is -2.14. The van der Waals surface area contributed by atoms with Crippen molar-refractivity contribution in [3.8, 4) is 0 Å². The first-order chi connectivity index (χ1) is 7.50. The largest absolute Gasteiger partial charge is 0.384 e. The Hall–Kier alpha value is -0.960. The third kappa shape index (κ3) is 3.89. The van der Waals surface area contributed by atoms with Crippen molar-refractivity contribution in [3.05, 3.63) is 35.4 Å². The van der Waals surface area contributed by atoms with Gasteiger partial charge < -0.3 is 5.73 Å². The quantitative estimate of drug-likeness (QED) is 0.609. The Morgan fingerprint density at radius 1 is 1.25 bits per heavy atom. The Kier molecular flexibility index (Phi) is 4.87. The lowest BCUT2D eigenvalue weighted by atomic mass is 10.1. The molecule has 0 aliphatic rings. The Labute approximate surface area is 102 Å². The van der Waals surface area contributed by atoms with E-state index in [1.807, 2.05) is 23.9 Å². The van der Waals surface area contributed by atoms with Crippen LogP contribution in [0.2, 0.25) is 0 Å². The average Bonchev–Trinajstić information content (AvgIpc) is 2.26. The molecule has 0 amide bonds. The van der Waals surface area contributed by atoms with Gasteiger partial charge >= 0.3 is 0 Å². The minimum Gasteiger partial charge on any atom is -0.384 e. The topological polar surface area (TPSA) is 49.9 Å². The van der Waals surface area contributed by atoms with E-state index in [0.29, 0.717) is 11.2 Å². The summed E-state index contributed by atoms with van der Waals surface area (Å²) in [5, 5.41) is 7.98. The van der Waals surface area contributed by atoms with Crippen LogP contribution in [0, 0.1) is 11.3 Å². The zero-order valence-corrected chi connectivity index (χ0v) is 11.0. The van der Waals surface area contributed by atoms with Crippen LogP contribution in [0.4, 0.5) is 0 Å². The van der Waals surface area contributed by atoms with Gasteiger partial charge in [0.15, 0.2) is 0 Å². The van der Waals surface area contributed by atoms with E-state index in [-0.39, 0.29) is 5.84 Å². The molecule has 0 heterocycles. The van der Waals surface area contributed by atoms with Gasteiger partial charge in [-0.2, -0.15) is 11.8 Å². The van der Waals surface area contributed by atoms with Crippen LogP contribution in [0.15, 0.2) is 24.3 Å². The Balaban J connectivity index is 2.53. The van der Waals surface area contributed by atoms with Crippen molar-refractivity contribution in [1.82, 2.24) is 0 Å². The molecule has 16 heavy (non-hydrogen) atoms. The predicted octanol–water partition coefficient (Wildman–Crippen LogP) is 3.25. The van der Waals surface area contributed by atoms with Crippen molar-refractivity contribution in [2.75, 3.05) is 0 Å². The van der Waals surface area contributed by atoms with Gasteiger partial charge in [-0.25, -0.2) is 0 Å². The van der Waals surface area contributed by atoms with Gasteiger partial charge in [0.2, 0.25) is 0 Å². The third-order valence-electron chi connectivity index (χ3n) is 2.72. The van der Waals surface area contributed by atoms with Crippen molar-refractivity contribution in [1.29, 1.82) is 5.41 Å². The van der Waals surface area contributed by atoms with E-state index in [1.165, 1.54) is 5.56 Å². The highest BCUT2D eigenvalue weighted by Gasteiger charge is 2.07. The maximum Gasteiger partial charge on any atom is 0.122 e. The van der Waals surface area contributed by atoms with Crippen LogP contribution in [0.5, 0.6) is 0 Å². The molecular formula is C13H20N2S. The monoisotopic (exact) mass is 236 g/mol. The smallest absolute Gasteiger partial charge is 0.122 e. The van der Waals surface area contributed by atoms with Gasteiger partial charge in [0.05, 0.1) is 0 Å². The molecule has 0 saturated carbocycles. The average molecular weight is 236 g/mol. The lowest BCUT2D eigenvalue weighted by Crippen LogP contribution is -2.10. The number of nitrogen functional groups attached to an aromatic ring is 1. The van der Waals surface area contributed by atoms with Crippen molar-refractivity contribution < 1.29 is 0 Å². The summed E-state index contributed by atoms with van der Waals surface area (Å²) in [5.74, 6) is 1.87. The molecule has 0 aromatic heterocycles. The molecule has 3 heteroatoms. The third-order valence-corrected chi connectivity index (χ3v) is 4.29. The van der Waals surface area contributed by atoms with E-state index in [9.17, 15) is 0 Å². The number of thioether (sulfide) groups is 1. The first-order valence-electron chi connectivity index (χ1n) is 5.55. The zero-order chi connectivity index (χ0) is 12.1. The van der Waals surface area contributed by atoms with Crippen LogP contribution < -0.4 is 5.73 Å². The fourth-order valence-corrected chi connectivity index (χ4v) is 2.23. The summed E-state index contributed by atoms with van der Waals surface area (Å²) in [6, 6.07) is 7.93. The van der Waals surface area contributed by atoms with Crippen LogP contribution in [-0.2, 0) is 5.75 Å². The molecule has 0 fully saturated rings. The Bertz CT molecular complexity index is 343. The van der Waals surface area contributed by atoms with E-state index < -0.39 is 0 Å². The van der Waals surface area contributed by atoms with Gasteiger partial charge in [-0.1, -0.05) is 45.0 Å². The molecule has 0 radical (unpaired) electrons. The molecule has 1 atom stereocenters. The molecule has 1 aromatic carbocycles. The number of hydrogen-bond donors (Lipinski definition) is 2. The molecule has 0 saturated heterocycles. The van der Waals surface area contributed by atoms with Gasteiger partial charge in [-0.05, 0) is 11.5 Å². The van der Waals surface area contributed by atoms with Gasteiger partial charge in [-0.3, -0.25) is 5.41 Å². The number of rotatable bonds is 5. The second kappa shape index (κ2) is 5.94. The number of amidine groups is 1. The lowest BCUT2D eigenvalue weighted by molar-refractivity contribution is 0.642. The molecular weight excluding hydrogens is 216 g/mol. The van der Waals surface area contributed by atoms with Gasteiger partial charge in [0, 0.05) is 16.6 Å². The first-order valence-corrected chi connectivity index (χ1v) is 6.60. The molecule has 0 bridgehead atoms. The molecule has 1 aromatic rings.